The molecule has 0 aliphatic carbocycles. The molecule has 1 unspecified atom stereocenters. The van der Waals surface area contributed by atoms with Crippen molar-refractivity contribution >= 4 is 21.9 Å². The second-order valence-electron chi connectivity index (χ2n) is 3.01. The van der Waals surface area contributed by atoms with Crippen molar-refractivity contribution in [2.24, 2.45) is 0 Å². The fraction of sp³-hybridized carbons (Fsp3) is 0.364. The number of carbonyl (C=O) groups is 1. The molecule has 0 bridgehead atoms. The monoisotopic (exact) mass is 256 g/mol. The molecule has 0 aliphatic rings. The maximum absolute atomic E-state index is 11.1. The Bertz CT molecular complexity index is 323. The van der Waals surface area contributed by atoms with E-state index >= 15 is 0 Å². The minimum Gasteiger partial charge on any atom is -0.458 e. The maximum atomic E-state index is 11.1. The molecule has 3 heteroatoms. The molecule has 0 aliphatic heterocycles. The topological polar surface area (TPSA) is 26.3 Å². The first kappa shape index (κ1) is 11.2. The smallest absolute Gasteiger partial charge is 0.306 e. The first-order chi connectivity index (χ1) is 6.65. The van der Waals surface area contributed by atoms with E-state index < -0.39 is 0 Å². The van der Waals surface area contributed by atoms with E-state index in [0.717, 1.165) is 10.0 Å². The van der Waals surface area contributed by atoms with Crippen LogP contribution in [0.4, 0.5) is 0 Å². The summed E-state index contributed by atoms with van der Waals surface area (Å²) >= 11 is 3.42. The lowest BCUT2D eigenvalue weighted by Gasteiger charge is -2.14. The van der Waals surface area contributed by atoms with E-state index in [1.54, 1.807) is 6.92 Å². The van der Waals surface area contributed by atoms with Gasteiger partial charge in [0.1, 0.15) is 6.10 Å². The minimum absolute atomic E-state index is 0.173. The molecule has 0 spiro atoms. The normalized spacial score (nSPS) is 12.2. The van der Waals surface area contributed by atoms with Gasteiger partial charge in [0.15, 0.2) is 0 Å². The van der Waals surface area contributed by atoms with E-state index in [1.165, 1.54) is 0 Å². The summed E-state index contributed by atoms with van der Waals surface area (Å²) in [5.74, 6) is -0.173. The molecule has 0 heterocycles. The van der Waals surface area contributed by atoms with E-state index in [1.807, 2.05) is 31.2 Å². The van der Waals surface area contributed by atoms with Crippen LogP contribution in [0.25, 0.3) is 0 Å². The molecule has 1 aromatic carbocycles. The molecule has 2 nitrogen and oxygen atoms in total. The van der Waals surface area contributed by atoms with Crippen LogP contribution in [0.3, 0.4) is 0 Å². The number of ether oxygens (including phenoxy) is 1. The number of benzene rings is 1. The van der Waals surface area contributed by atoms with Gasteiger partial charge in [0.05, 0.1) is 0 Å². The number of hydrogen-bond acceptors (Lipinski definition) is 2. The van der Waals surface area contributed by atoms with Crippen LogP contribution in [0.15, 0.2) is 28.7 Å². The van der Waals surface area contributed by atoms with Gasteiger partial charge < -0.3 is 4.74 Å². The zero-order valence-corrected chi connectivity index (χ0v) is 9.87. The lowest BCUT2D eigenvalue weighted by atomic mass is 10.1. The van der Waals surface area contributed by atoms with Crippen LogP contribution >= 0.6 is 15.9 Å². The van der Waals surface area contributed by atoms with Crippen LogP contribution in [-0.4, -0.2) is 5.97 Å². The van der Waals surface area contributed by atoms with Gasteiger partial charge in [-0.15, -0.1) is 0 Å². The molecule has 0 radical (unpaired) electrons. The number of halogens is 1. The Labute approximate surface area is 92.4 Å². The third-order valence-corrected chi connectivity index (χ3v) is 2.66. The SMILES string of the molecule is CCC(=O)OC(C)c1ccccc1Br. The number of esters is 1. The first-order valence-corrected chi connectivity index (χ1v) is 5.38. The second-order valence-corrected chi connectivity index (χ2v) is 3.86. The summed E-state index contributed by atoms with van der Waals surface area (Å²) in [4.78, 5) is 11.1. The Morgan fingerprint density at radius 1 is 1.50 bits per heavy atom. The van der Waals surface area contributed by atoms with Gasteiger partial charge in [-0.3, -0.25) is 4.79 Å². The molecule has 1 atom stereocenters. The van der Waals surface area contributed by atoms with E-state index in [0.29, 0.717) is 6.42 Å². The van der Waals surface area contributed by atoms with Crippen molar-refractivity contribution in [3.63, 3.8) is 0 Å². The summed E-state index contributed by atoms with van der Waals surface area (Å²) in [6.07, 6.45) is 0.215. The van der Waals surface area contributed by atoms with Crippen LogP contribution in [-0.2, 0) is 9.53 Å². The molecule has 0 N–H and O–H groups in total. The molecular formula is C11H13BrO2. The molecule has 0 aromatic heterocycles. The lowest BCUT2D eigenvalue weighted by Crippen LogP contribution is -2.07. The van der Waals surface area contributed by atoms with E-state index in [9.17, 15) is 4.79 Å². The third-order valence-electron chi connectivity index (χ3n) is 1.94. The quantitative estimate of drug-likeness (QED) is 0.775. The molecule has 14 heavy (non-hydrogen) atoms. The molecule has 0 saturated carbocycles. The van der Waals surface area contributed by atoms with Crippen LogP contribution in [0.5, 0.6) is 0 Å². The van der Waals surface area contributed by atoms with Crippen molar-refractivity contribution in [3.05, 3.63) is 34.3 Å². The van der Waals surface area contributed by atoms with Crippen LogP contribution in [0.2, 0.25) is 0 Å². The number of carbonyl (C=O) groups excluding carboxylic acids is 1. The zero-order valence-electron chi connectivity index (χ0n) is 8.29. The van der Waals surface area contributed by atoms with Gasteiger partial charge in [-0.25, -0.2) is 0 Å². The molecule has 76 valence electrons. The highest BCUT2D eigenvalue weighted by Gasteiger charge is 2.12. The average Bonchev–Trinajstić information content (AvgIpc) is 2.18. The fourth-order valence-corrected chi connectivity index (χ4v) is 1.76. The van der Waals surface area contributed by atoms with Gasteiger partial charge in [-0.05, 0) is 13.0 Å². The van der Waals surface area contributed by atoms with Crippen molar-refractivity contribution in [2.45, 2.75) is 26.4 Å². The number of rotatable bonds is 3. The molecular weight excluding hydrogens is 244 g/mol. The third kappa shape index (κ3) is 2.84. The largest absolute Gasteiger partial charge is 0.458 e. The van der Waals surface area contributed by atoms with Crippen molar-refractivity contribution in [1.82, 2.24) is 0 Å². The van der Waals surface area contributed by atoms with Gasteiger partial charge in [0.25, 0.3) is 0 Å². The average molecular weight is 257 g/mol. The summed E-state index contributed by atoms with van der Waals surface area (Å²) < 4.78 is 6.17. The summed E-state index contributed by atoms with van der Waals surface area (Å²) in [6, 6.07) is 7.74. The highest BCUT2D eigenvalue weighted by molar-refractivity contribution is 9.10. The summed E-state index contributed by atoms with van der Waals surface area (Å²) in [6.45, 7) is 3.66. The Morgan fingerprint density at radius 3 is 2.71 bits per heavy atom. The van der Waals surface area contributed by atoms with Crippen molar-refractivity contribution in [3.8, 4) is 0 Å². The lowest BCUT2D eigenvalue weighted by molar-refractivity contribution is -0.148. The van der Waals surface area contributed by atoms with Crippen LogP contribution in [0, 0.1) is 0 Å². The fourth-order valence-electron chi connectivity index (χ4n) is 1.15. The van der Waals surface area contributed by atoms with E-state index in [4.69, 9.17) is 4.74 Å². The predicted octanol–water partition coefficient (Wildman–Crippen LogP) is 3.46. The Balaban J connectivity index is 2.74. The van der Waals surface area contributed by atoms with Crippen LogP contribution < -0.4 is 0 Å². The summed E-state index contributed by atoms with van der Waals surface area (Å²) in [5.41, 5.74) is 0.995. The second kappa shape index (κ2) is 5.15. The minimum atomic E-state index is -0.196. The van der Waals surface area contributed by atoms with Gasteiger partial charge in [0, 0.05) is 16.5 Å². The van der Waals surface area contributed by atoms with E-state index in [-0.39, 0.29) is 12.1 Å². The summed E-state index contributed by atoms with van der Waals surface area (Å²) in [5, 5.41) is 0. The van der Waals surface area contributed by atoms with Crippen molar-refractivity contribution in [1.29, 1.82) is 0 Å². The first-order valence-electron chi connectivity index (χ1n) is 4.59. The highest BCUT2D eigenvalue weighted by atomic mass is 79.9. The van der Waals surface area contributed by atoms with Gasteiger partial charge in [-0.1, -0.05) is 41.1 Å². The van der Waals surface area contributed by atoms with Gasteiger partial charge >= 0.3 is 5.97 Å². The molecule has 1 rings (SSSR count). The Morgan fingerprint density at radius 2 is 2.14 bits per heavy atom. The molecule has 0 fully saturated rings. The summed E-state index contributed by atoms with van der Waals surface area (Å²) in [7, 11) is 0. The molecule has 0 amide bonds. The highest BCUT2D eigenvalue weighted by Crippen LogP contribution is 2.25. The Kier molecular flexibility index (Phi) is 4.14. The maximum Gasteiger partial charge on any atom is 0.306 e. The van der Waals surface area contributed by atoms with Crippen molar-refractivity contribution < 1.29 is 9.53 Å². The molecule has 0 saturated heterocycles. The predicted molar refractivity (Wildman–Crippen MR) is 58.9 cm³/mol. The van der Waals surface area contributed by atoms with Crippen molar-refractivity contribution in [2.75, 3.05) is 0 Å². The zero-order chi connectivity index (χ0) is 10.6. The Hall–Kier alpha value is -0.830. The molecule has 1 aromatic rings. The van der Waals surface area contributed by atoms with Gasteiger partial charge in [-0.2, -0.15) is 0 Å². The van der Waals surface area contributed by atoms with E-state index in [2.05, 4.69) is 15.9 Å². The van der Waals surface area contributed by atoms with Gasteiger partial charge in [0.2, 0.25) is 0 Å². The number of hydrogen-bond donors (Lipinski definition) is 0. The standard InChI is InChI=1S/C11H13BrO2/c1-3-11(13)14-8(2)9-6-4-5-7-10(9)12/h4-8H,3H2,1-2H3. The van der Waals surface area contributed by atoms with Crippen LogP contribution in [0.1, 0.15) is 31.9 Å².